The van der Waals surface area contributed by atoms with Crippen molar-refractivity contribution in [3.8, 4) is 5.75 Å². The van der Waals surface area contributed by atoms with E-state index in [1.54, 1.807) is 6.07 Å². The number of rotatable bonds is 4. The highest BCUT2D eigenvalue weighted by atomic mass is 16.5. The minimum absolute atomic E-state index is 0.249. The van der Waals surface area contributed by atoms with Crippen LogP contribution < -0.4 is 15.8 Å². The molecule has 0 aliphatic carbocycles. The van der Waals surface area contributed by atoms with Gasteiger partial charge in [0.2, 0.25) is 5.91 Å². The molecule has 3 aromatic rings. The van der Waals surface area contributed by atoms with Gasteiger partial charge in [-0.2, -0.15) is 0 Å². The number of methoxy groups -OCH3 is 1. The predicted octanol–water partition coefficient (Wildman–Crippen LogP) is 3.20. The molecule has 0 radical (unpaired) electrons. The fraction of sp³-hybridized carbons (Fsp3) is 0.0526. The number of fused-ring (bicyclic) bond motifs is 1. The summed E-state index contributed by atoms with van der Waals surface area (Å²) in [6.45, 7) is 0. The van der Waals surface area contributed by atoms with E-state index in [-0.39, 0.29) is 17.0 Å². The van der Waals surface area contributed by atoms with Crippen LogP contribution in [0.15, 0.2) is 60.7 Å². The summed E-state index contributed by atoms with van der Waals surface area (Å²) in [7, 11) is 1.47. The third-order valence-electron chi connectivity index (χ3n) is 3.77. The molecule has 0 unspecified atom stereocenters. The van der Waals surface area contributed by atoms with Crippen molar-refractivity contribution in [3.05, 3.63) is 71.8 Å². The lowest BCUT2D eigenvalue weighted by molar-refractivity contribution is 0.1000. The highest BCUT2D eigenvalue weighted by Crippen LogP contribution is 2.26. The van der Waals surface area contributed by atoms with Crippen molar-refractivity contribution >= 4 is 28.3 Å². The van der Waals surface area contributed by atoms with Gasteiger partial charge in [0.05, 0.1) is 12.7 Å². The van der Waals surface area contributed by atoms with E-state index in [0.29, 0.717) is 11.4 Å². The number of anilines is 1. The minimum atomic E-state index is -0.600. The van der Waals surface area contributed by atoms with Crippen LogP contribution in [0.3, 0.4) is 0 Å². The molecule has 0 saturated carbocycles. The SMILES string of the molecule is COc1ccc(C(N)=O)cc1C(=O)Nc1cccc2ccccc12. The molecule has 0 bridgehead atoms. The number of carbonyl (C=O) groups excluding carboxylic acids is 2. The Morgan fingerprint density at radius 1 is 1.00 bits per heavy atom. The summed E-state index contributed by atoms with van der Waals surface area (Å²) in [6.07, 6.45) is 0. The zero-order valence-corrected chi connectivity index (χ0v) is 13.1. The lowest BCUT2D eigenvalue weighted by atomic mass is 10.1. The number of nitrogens with one attached hydrogen (secondary N) is 1. The number of carbonyl (C=O) groups is 2. The van der Waals surface area contributed by atoms with Gasteiger partial charge in [-0.25, -0.2) is 0 Å². The van der Waals surface area contributed by atoms with Crippen molar-refractivity contribution in [2.45, 2.75) is 0 Å². The summed E-state index contributed by atoms with van der Waals surface area (Å²) >= 11 is 0. The number of primary amides is 1. The van der Waals surface area contributed by atoms with Gasteiger partial charge in [-0.1, -0.05) is 36.4 Å². The van der Waals surface area contributed by atoms with Crippen LogP contribution in [0.4, 0.5) is 5.69 Å². The molecule has 5 nitrogen and oxygen atoms in total. The van der Waals surface area contributed by atoms with E-state index in [2.05, 4.69) is 5.32 Å². The van der Waals surface area contributed by atoms with Crippen LogP contribution in [0.1, 0.15) is 20.7 Å². The standard InChI is InChI=1S/C19H16N2O3/c1-24-17-10-9-13(18(20)22)11-15(17)19(23)21-16-8-4-6-12-5-2-3-7-14(12)16/h2-11H,1H3,(H2,20,22)(H,21,23). The van der Waals surface area contributed by atoms with Crippen molar-refractivity contribution in [2.24, 2.45) is 5.73 Å². The first-order chi connectivity index (χ1) is 11.6. The van der Waals surface area contributed by atoms with Crippen molar-refractivity contribution in [1.29, 1.82) is 0 Å². The van der Waals surface area contributed by atoms with Gasteiger partial charge in [0.25, 0.3) is 5.91 Å². The highest BCUT2D eigenvalue weighted by molar-refractivity contribution is 6.11. The maximum atomic E-state index is 12.7. The van der Waals surface area contributed by atoms with Crippen molar-refractivity contribution in [1.82, 2.24) is 0 Å². The molecule has 0 fully saturated rings. The van der Waals surface area contributed by atoms with Crippen molar-refractivity contribution in [3.63, 3.8) is 0 Å². The van der Waals surface area contributed by atoms with Gasteiger partial charge in [0.1, 0.15) is 5.75 Å². The van der Waals surface area contributed by atoms with E-state index >= 15 is 0 Å². The van der Waals surface area contributed by atoms with Gasteiger partial charge in [-0.3, -0.25) is 9.59 Å². The second-order valence-corrected chi connectivity index (χ2v) is 5.26. The molecule has 0 aliphatic heterocycles. The first-order valence-corrected chi connectivity index (χ1v) is 7.37. The molecule has 0 heterocycles. The zero-order chi connectivity index (χ0) is 17.1. The van der Waals surface area contributed by atoms with Crippen LogP contribution in [-0.2, 0) is 0 Å². The number of amides is 2. The van der Waals surface area contributed by atoms with Crippen molar-refractivity contribution < 1.29 is 14.3 Å². The lowest BCUT2D eigenvalue weighted by Gasteiger charge is -2.12. The first kappa shape index (κ1) is 15.6. The Bertz CT molecular complexity index is 930. The topological polar surface area (TPSA) is 81.4 Å². The minimum Gasteiger partial charge on any atom is -0.496 e. The van der Waals surface area contributed by atoms with Crippen LogP contribution in [0.2, 0.25) is 0 Å². The molecule has 0 spiro atoms. The normalized spacial score (nSPS) is 10.4. The average Bonchev–Trinajstić information content (AvgIpc) is 2.61. The fourth-order valence-electron chi connectivity index (χ4n) is 2.56. The second-order valence-electron chi connectivity index (χ2n) is 5.26. The lowest BCUT2D eigenvalue weighted by Crippen LogP contribution is -2.16. The molecule has 0 saturated heterocycles. The number of benzene rings is 3. The van der Waals surface area contributed by atoms with Gasteiger partial charge in [-0.05, 0) is 29.7 Å². The Morgan fingerprint density at radius 2 is 1.75 bits per heavy atom. The van der Waals surface area contributed by atoms with Crippen molar-refractivity contribution in [2.75, 3.05) is 12.4 Å². The van der Waals surface area contributed by atoms with Crippen LogP contribution in [0.5, 0.6) is 5.75 Å². The summed E-state index contributed by atoms with van der Waals surface area (Å²) in [5.41, 5.74) is 6.48. The summed E-state index contributed by atoms with van der Waals surface area (Å²) in [5.74, 6) is -0.596. The zero-order valence-electron chi connectivity index (χ0n) is 13.1. The third-order valence-corrected chi connectivity index (χ3v) is 3.77. The third kappa shape index (κ3) is 2.92. The van der Waals surface area contributed by atoms with Crippen LogP contribution in [0.25, 0.3) is 10.8 Å². The molecule has 0 atom stereocenters. The van der Waals surface area contributed by atoms with Crippen LogP contribution in [0, 0.1) is 0 Å². The molecule has 0 aromatic heterocycles. The molecule has 5 heteroatoms. The Kier molecular flexibility index (Phi) is 4.16. The smallest absolute Gasteiger partial charge is 0.259 e. The molecule has 24 heavy (non-hydrogen) atoms. The number of nitrogens with two attached hydrogens (primary N) is 1. The highest BCUT2D eigenvalue weighted by Gasteiger charge is 2.16. The van der Waals surface area contributed by atoms with Gasteiger partial charge in [-0.15, -0.1) is 0 Å². The summed E-state index contributed by atoms with van der Waals surface area (Å²) in [4.78, 5) is 24.0. The van der Waals surface area contributed by atoms with E-state index < -0.39 is 5.91 Å². The van der Waals surface area contributed by atoms with Gasteiger partial charge in [0.15, 0.2) is 0 Å². The molecular formula is C19H16N2O3. The Hall–Kier alpha value is -3.34. The Morgan fingerprint density at radius 3 is 2.50 bits per heavy atom. The van der Waals surface area contributed by atoms with Gasteiger partial charge in [0, 0.05) is 16.6 Å². The Balaban J connectivity index is 2.00. The largest absolute Gasteiger partial charge is 0.496 e. The predicted molar refractivity (Wildman–Crippen MR) is 93.4 cm³/mol. The molecule has 3 aromatic carbocycles. The first-order valence-electron chi connectivity index (χ1n) is 7.37. The summed E-state index contributed by atoms with van der Waals surface area (Å²) in [5, 5.41) is 4.82. The van der Waals surface area contributed by atoms with E-state index in [9.17, 15) is 9.59 Å². The molecule has 3 N–H and O–H groups in total. The fourth-order valence-corrected chi connectivity index (χ4v) is 2.56. The maximum absolute atomic E-state index is 12.7. The van der Waals surface area contributed by atoms with E-state index in [1.165, 1.54) is 19.2 Å². The number of hydrogen-bond acceptors (Lipinski definition) is 3. The Labute approximate surface area is 139 Å². The quantitative estimate of drug-likeness (QED) is 0.774. The summed E-state index contributed by atoms with van der Waals surface area (Å²) < 4.78 is 5.21. The number of ether oxygens (including phenoxy) is 1. The molecular weight excluding hydrogens is 304 g/mol. The molecule has 3 rings (SSSR count). The summed E-state index contributed by atoms with van der Waals surface area (Å²) in [6, 6.07) is 17.9. The van der Waals surface area contributed by atoms with E-state index in [1.807, 2.05) is 42.5 Å². The van der Waals surface area contributed by atoms with E-state index in [0.717, 1.165) is 10.8 Å². The molecule has 120 valence electrons. The molecule has 0 aliphatic rings. The number of hydrogen-bond donors (Lipinski definition) is 2. The van der Waals surface area contributed by atoms with E-state index in [4.69, 9.17) is 10.5 Å². The van der Waals surface area contributed by atoms with Gasteiger partial charge < -0.3 is 15.8 Å². The van der Waals surface area contributed by atoms with Crippen LogP contribution in [-0.4, -0.2) is 18.9 Å². The monoisotopic (exact) mass is 320 g/mol. The second kappa shape index (κ2) is 6.42. The maximum Gasteiger partial charge on any atom is 0.259 e. The van der Waals surface area contributed by atoms with Gasteiger partial charge >= 0.3 is 0 Å². The van der Waals surface area contributed by atoms with Crippen LogP contribution >= 0.6 is 0 Å². The average molecular weight is 320 g/mol. The molecule has 2 amide bonds.